The molecule has 0 aliphatic rings. The van der Waals surface area contributed by atoms with Crippen LogP contribution in [0.4, 0.5) is 0 Å². The van der Waals surface area contributed by atoms with Crippen LogP contribution >= 0.6 is 0 Å². The number of ether oxygens (including phenoxy) is 2. The Hall–Kier alpha value is -2.20. The summed E-state index contributed by atoms with van der Waals surface area (Å²) >= 11 is 0. The molecule has 0 aromatic heterocycles. The molecule has 0 atom stereocenters. The van der Waals surface area contributed by atoms with Crippen LogP contribution in [0.1, 0.15) is 19.4 Å². The van der Waals surface area contributed by atoms with Gasteiger partial charge >= 0.3 is 0 Å². The summed E-state index contributed by atoms with van der Waals surface area (Å²) < 4.78 is 9.20. The summed E-state index contributed by atoms with van der Waals surface area (Å²) in [7, 11) is 0. The molecule has 0 fully saturated rings. The topological polar surface area (TPSA) is 66.0 Å². The van der Waals surface area contributed by atoms with E-state index in [4.69, 9.17) is 10.5 Å². The van der Waals surface area contributed by atoms with Gasteiger partial charge in [0.25, 0.3) is 12.5 Å². The Morgan fingerprint density at radius 2 is 1.67 bits per heavy atom. The summed E-state index contributed by atoms with van der Waals surface area (Å²) in [5.41, 5.74) is 0.812. The molecule has 0 unspecified atom stereocenters. The minimum absolute atomic E-state index is 0.360. The molecule has 4 nitrogen and oxygen atoms in total. The number of aryl methyl sites for hydroxylation is 1. The van der Waals surface area contributed by atoms with E-state index in [1.807, 2.05) is 13.8 Å². The largest absolute Gasteiger partial charge is 0.388 e. The van der Waals surface area contributed by atoms with Crippen LogP contribution in [0.2, 0.25) is 0 Å². The SMILES string of the molecule is CC.Cc1ccc(OC#N)cc1OC#N. The first-order valence-corrected chi connectivity index (χ1v) is 4.50. The molecular weight excluding hydrogens is 192 g/mol. The van der Waals surface area contributed by atoms with Crippen LogP contribution < -0.4 is 9.47 Å². The number of nitrogens with zero attached hydrogens (tertiary/aromatic N) is 2. The van der Waals surface area contributed by atoms with Crippen molar-refractivity contribution in [3.05, 3.63) is 23.8 Å². The van der Waals surface area contributed by atoms with Crippen molar-refractivity contribution in [2.45, 2.75) is 20.8 Å². The van der Waals surface area contributed by atoms with Gasteiger partial charge in [-0.15, -0.1) is 10.5 Å². The van der Waals surface area contributed by atoms with Crippen molar-refractivity contribution in [3.8, 4) is 24.0 Å². The molecule has 0 amide bonds. The average Bonchev–Trinajstić information content (AvgIpc) is 2.27. The van der Waals surface area contributed by atoms with E-state index in [0.29, 0.717) is 11.5 Å². The van der Waals surface area contributed by atoms with E-state index in [-0.39, 0.29) is 0 Å². The minimum atomic E-state index is 0.360. The van der Waals surface area contributed by atoms with E-state index < -0.39 is 0 Å². The maximum Gasteiger partial charge on any atom is 0.292 e. The minimum Gasteiger partial charge on any atom is -0.388 e. The maximum absolute atomic E-state index is 8.29. The zero-order chi connectivity index (χ0) is 11.7. The predicted octanol–water partition coefficient (Wildman–Crippen LogP) is 2.74. The molecule has 0 bridgehead atoms. The monoisotopic (exact) mass is 204 g/mol. The van der Waals surface area contributed by atoms with Crippen LogP contribution in [0.25, 0.3) is 0 Å². The van der Waals surface area contributed by atoms with Crippen LogP contribution in [0, 0.1) is 30.0 Å². The number of rotatable bonds is 2. The van der Waals surface area contributed by atoms with Gasteiger partial charge in [-0.25, -0.2) is 0 Å². The Labute approximate surface area is 89.3 Å². The molecule has 0 heterocycles. The Morgan fingerprint density at radius 1 is 1.07 bits per heavy atom. The van der Waals surface area contributed by atoms with Crippen molar-refractivity contribution in [3.63, 3.8) is 0 Å². The Morgan fingerprint density at radius 3 is 2.20 bits per heavy atom. The van der Waals surface area contributed by atoms with Crippen LogP contribution in [-0.2, 0) is 0 Å². The second-order valence-electron chi connectivity index (χ2n) is 2.31. The fraction of sp³-hybridized carbons (Fsp3) is 0.273. The molecule has 15 heavy (non-hydrogen) atoms. The third-order valence-corrected chi connectivity index (χ3v) is 1.48. The summed E-state index contributed by atoms with van der Waals surface area (Å²) in [4.78, 5) is 0. The van der Waals surface area contributed by atoms with Crippen molar-refractivity contribution >= 4 is 0 Å². The third kappa shape index (κ3) is 4.02. The standard InChI is InChI=1S/C9H6N2O2.C2H6/c1-7-2-3-8(12-5-10)4-9(7)13-6-11;1-2/h2-4H,1H3;1-2H3. The highest BCUT2D eigenvalue weighted by Crippen LogP contribution is 2.23. The van der Waals surface area contributed by atoms with Crippen LogP contribution in [0.15, 0.2) is 18.2 Å². The number of hydrogen-bond donors (Lipinski definition) is 0. The number of nitriles is 2. The van der Waals surface area contributed by atoms with Crippen molar-refractivity contribution in [1.82, 2.24) is 0 Å². The van der Waals surface area contributed by atoms with E-state index in [1.165, 1.54) is 12.3 Å². The van der Waals surface area contributed by atoms with Crippen molar-refractivity contribution in [2.24, 2.45) is 0 Å². The lowest BCUT2D eigenvalue weighted by Crippen LogP contribution is -1.88. The molecular formula is C11H12N2O2. The quantitative estimate of drug-likeness (QED) is 0.694. The zero-order valence-corrected chi connectivity index (χ0v) is 8.94. The summed E-state index contributed by atoms with van der Waals surface area (Å²) in [6.07, 6.45) is 3.09. The maximum atomic E-state index is 8.29. The predicted molar refractivity (Wildman–Crippen MR) is 55.0 cm³/mol. The van der Waals surface area contributed by atoms with Gasteiger partial charge in [-0.3, -0.25) is 0 Å². The van der Waals surface area contributed by atoms with Crippen LogP contribution in [-0.4, -0.2) is 0 Å². The molecule has 0 aliphatic carbocycles. The lowest BCUT2D eigenvalue weighted by atomic mass is 10.2. The van der Waals surface area contributed by atoms with Crippen LogP contribution in [0.3, 0.4) is 0 Å². The lowest BCUT2D eigenvalue weighted by Gasteiger charge is -2.02. The molecule has 1 rings (SSSR count). The molecule has 0 aliphatic heterocycles. The van der Waals surface area contributed by atoms with E-state index in [0.717, 1.165) is 5.56 Å². The average molecular weight is 204 g/mol. The fourth-order valence-electron chi connectivity index (χ4n) is 0.856. The van der Waals surface area contributed by atoms with Crippen molar-refractivity contribution in [2.75, 3.05) is 0 Å². The summed E-state index contributed by atoms with van der Waals surface area (Å²) in [5.74, 6) is 0.758. The van der Waals surface area contributed by atoms with Gasteiger partial charge in [-0.05, 0) is 18.6 Å². The molecule has 1 aromatic carbocycles. The first kappa shape index (κ1) is 12.8. The Bertz CT molecular complexity index is 389. The first-order chi connectivity index (χ1) is 7.27. The highest BCUT2D eigenvalue weighted by molar-refractivity contribution is 5.40. The third-order valence-electron chi connectivity index (χ3n) is 1.48. The normalized spacial score (nSPS) is 7.53. The van der Waals surface area contributed by atoms with Gasteiger partial charge in [-0.2, -0.15) is 0 Å². The summed E-state index contributed by atoms with van der Waals surface area (Å²) in [6, 6.07) is 4.82. The molecule has 0 spiro atoms. The summed E-state index contributed by atoms with van der Waals surface area (Å²) in [5, 5.41) is 16.5. The fourth-order valence-corrected chi connectivity index (χ4v) is 0.856. The number of hydrogen-bond acceptors (Lipinski definition) is 4. The highest BCUT2D eigenvalue weighted by Gasteiger charge is 2.01. The number of benzene rings is 1. The smallest absolute Gasteiger partial charge is 0.292 e. The van der Waals surface area contributed by atoms with E-state index in [9.17, 15) is 0 Å². The molecule has 0 saturated heterocycles. The molecule has 0 saturated carbocycles. The van der Waals surface area contributed by atoms with Crippen molar-refractivity contribution < 1.29 is 9.47 Å². The highest BCUT2D eigenvalue weighted by atomic mass is 16.5. The van der Waals surface area contributed by atoms with Gasteiger partial charge in [0, 0.05) is 6.07 Å². The van der Waals surface area contributed by atoms with Gasteiger partial charge in [-0.1, -0.05) is 19.9 Å². The van der Waals surface area contributed by atoms with E-state index in [1.54, 1.807) is 25.3 Å². The van der Waals surface area contributed by atoms with Gasteiger partial charge in [0.05, 0.1) is 0 Å². The lowest BCUT2D eigenvalue weighted by molar-refractivity contribution is 0.481. The zero-order valence-electron chi connectivity index (χ0n) is 8.94. The second-order valence-corrected chi connectivity index (χ2v) is 2.31. The van der Waals surface area contributed by atoms with E-state index >= 15 is 0 Å². The first-order valence-electron chi connectivity index (χ1n) is 4.50. The second kappa shape index (κ2) is 7.23. The molecule has 1 aromatic rings. The van der Waals surface area contributed by atoms with E-state index in [2.05, 4.69) is 9.47 Å². The van der Waals surface area contributed by atoms with Gasteiger partial charge in [0.1, 0.15) is 11.5 Å². The van der Waals surface area contributed by atoms with Gasteiger partial charge in [0.2, 0.25) is 0 Å². The van der Waals surface area contributed by atoms with Gasteiger partial charge < -0.3 is 9.47 Å². The van der Waals surface area contributed by atoms with Gasteiger partial charge in [0.15, 0.2) is 0 Å². The van der Waals surface area contributed by atoms with Crippen molar-refractivity contribution in [1.29, 1.82) is 10.5 Å². The summed E-state index contributed by atoms with van der Waals surface area (Å²) in [6.45, 7) is 5.79. The molecule has 0 radical (unpaired) electrons. The Kier molecular flexibility index (Phi) is 6.17. The Balaban J connectivity index is 0.000000921. The molecule has 0 N–H and O–H groups in total. The molecule has 4 heteroatoms. The van der Waals surface area contributed by atoms with Crippen LogP contribution in [0.5, 0.6) is 11.5 Å². The molecule has 78 valence electrons.